The molecule has 144 valence electrons. The van der Waals surface area contributed by atoms with Gasteiger partial charge in [0.1, 0.15) is 5.75 Å². The van der Waals surface area contributed by atoms with Crippen LogP contribution in [0.3, 0.4) is 0 Å². The topological polar surface area (TPSA) is 67.4 Å². The van der Waals surface area contributed by atoms with Gasteiger partial charge in [-0.25, -0.2) is 0 Å². The predicted octanol–water partition coefficient (Wildman–Crippen LogP) is 3.96. The van der Waals surface area contributed by atoms with Gasteiger partial charge in [0.05, 0.1) is 13.0 Å². The highest BCUT2D eigenvalue weighted by molar-refractivity contribution is 5.95. The van der Waals surface area contributed by atoms with E-state index in [-0.39, 0.29) is 18.2 Å². The third-order valence-corrected chi connectivity index (χ3v) is 4.31. The average Bonchev–Trinajstić information content (AvgIpc) is 2.68. The van der Waals surface area contributed by atoms with Gasteiger partial charge in [0, 0.05) is 5.56 Å². The normalized spacial score (nSPS) is 10.3. The molecule has 0 aliphatic heterocycles. The monoisotopic (exact) mass is 368 g/mol. The van der Waals surface area contributed by atoms with E-state index in [9.17, 15) is 9.59 Å². The number of unbranched alkanes of at least 4 members (excludes halogenated alkanes) is 3. The molecule has 0 heterocycles. The van der Waals surface area contributed by atoms with E-state index in [1.807, 2.05) is 31.2 Å². The quantitative estimate of drug-likeness (QED) is 0.520. The fourth-order valence-corrected chi connectivity index (χ4v) is 2.65. The molecule has 0 radical (unpaired) electrons. The molecule has 0 saturated carbocycles. The van der Waals surface area contributed by atoms with Crippen LogP contribution >= 0.6 is 0 Å². The van der Waals surface area contributed by atoms with E-state index in [0.717, 1.165) is 23.3 Å². The highest BCUT2D eigenvalue weighted by atomic mass is 16.5. The largest absolute Gasteiger partial charge is 0.494 e. The van der Waals surface area contributed by atoms with Gasteiger partial charge in [0.25, 0.3) is 5.91 Å². The van der Waals surface area contributed by atoms with Gasteiger partial charge >= 0.3 is 0 Å². The van der Waals surface area contributed by atoms with E-state index in [2.05, 4.69) is 17.8 Å². The molecule has 27 heavy (non-hydrogen) atoms. The van der Waals surface area contributed by atoms with Crippen molar-refractivity contribution in [2.75, 3.05) is 6.61 Å². The summed E-state index contributed by atoms with van der Waals surface area (Å²) in [6, 6.07) is 14.6. The Kier molecular flexibility index (Phi) is 8.36. The van der Waals surface area contributed by atoms with Gasteiger partial charge in [0.15, 0.2) is 0 Å². The number of hydrogen-bond donors (Lipinski definition) is 2. The first-order valence-electron chi connectivity index (χ1n) is 9.46. The summed E-state index contributed by atoms with van der Waals surface area (Å²) in [4.78, 5) is 24.1. The van der Waals surface area contributed by atoms with Crippen LogP contribution in [0.5, 0.6) is 5.75 Å². The maximum Gasteiger partial charge on any atom is 0.269 e. The summed E-state index contributed by atoms with van der Waals surface area (Å²) in [5.74, 6) is 0.124. The summed E-state index contributed by atoms with van der Waals surface area (Å²) < 4.78 is 5.66. The minimum Gasteiger partial charge on any atom is -0.494 e. The maximum absolute atomic E-state index is 12.1. The molecule has 2 aromatic rings. The fourth-order valence-electron chi connectivity index (χ4n) is 2.65. The Labute approximate surface area is 161 Å². The molecule has 0 spiro atoms. The number of ether oxygens (including phenoxy) is 1. The van der Waals surface area contributed by atoms with Crippen LogP contribution in [-0.2, 0) is 11.2 Å². The van der Waals surface area contributed by atoms with E-state index < -0.39 is 0 Å². The summed E-state index contributed by atoms with van der Waals surface area (Å²) in [5.41, 5.74) is 7.34. The number of aryl methyl sites for hydroxylation is 1. The van der Waals surface area contributed by atoms with Crippen molar-refractivity contribution in [3.8, 4) is 5.75 Å². The second-order valence-corrected chi connectivity index (χ2v) is 6.54. The highest BCUT2D eigenvalue weighted by Gasteiger charge is 2.09. The molecular weight excluding hydrogens is 340 g/mol. The van der Waals surface area contributed by atoms with E-state index in [1.165, 1.54) is 19.3 Å². The van der Waals surface area contributed by atoms with Crippen LogP contribution in [0.15, 0.2) is 48.5 Å². The Balaban J connectivity index is 1.75. The number of amides is 2. The SMILES string of the molecule is CCCCCCOc1ccc(C(=O)NNC(=O)Cc2ccccc2C)cc1. The van der Waals surface area contributed by atoms with Crippen LogP contribution in [0.4, 0.5) is 0 Å². The number of carbonyl (C=O) groups is 2. The van der Waals surface area contributed by atoms with Crippen LogP contribution in [0, 0.1) is 6.92 Å². The Morgan fingerprint density at radius 1 is 0.926 bits per heavy atom. The van der Waals surface area contributed by atoms with Crippen LogP contribution in [0.25, 0.3) is 0 Å². The van der Waals surface area contributed by atoms with Crippen molar-refractivity contribution in [2.24, 2.45) is 0 Å². The van der Waals surface area contributed by atoms with E-state index in [0.29, 0.717) is 12.2 Å². The molecule has 0 bridgehead atoms. The molecule has 0 unspecified atom stereocenters. The van der Waals surface area contributed by atoms with Crippen molar-refractivity contribution in [1.29, 1.82) is 0 Å². The zero-order valence-electron chi connectivity index (χ0n) is 16.1. The van der Waals surface area contributed by atoms with Crippen LogP contribution in [-0.4, -0.2) is 18.4 Å². The van der Waals surface area contributed by atoms with Gasteiger partial charge < -0.3 is 4.74 Å². The Morgan fingerprint density at radius 2 is 1.67 bits per heavy atom. The molecule has 2 aromatic carbocycles. The molecule has 2 N–H and O–H groups in total. The van der Waals surface area contributed by atoms with Gasteiger partial charge in [-0.05, 0) is 48.7 Å². The van der Waals surface area contributed by atoms with Crippen LogP contribution < -0.4 is 15.6 Å². The second kappa shape index (κ2) is 11.0. The van der Waals surface area contributed by atoms with E-state index >= 15 is 0 Å². The minimum absolute atomic E-state index is 0.220. The molecule has 0 atom stereocenters. The van der Waals surface area contributed by atoms with Crippen molar-refractivity contribution in [3.63, 3.8) is 0 Å². The van der Waals surface area contributed by atoms with Crippen molar-refractivity contribution < 1.29 is 14.3 Å². The lowest BCUT2D eigenvalue weighted by Crippen LogP contribution is -2.42. The standard InChI is InChI=1S/C22H28N2O3/c1-3-4-5-8-15-27-20-13-11-18(12-14-20)22(26)24-23-21(25)16-19-10-7-6-9-17(19)2/h6-7,9-14H,3-5,8,15-16H2,1-2H3,(H,23,25)(H,24,26). The molecular formula is C22H28N2O3. The molecule has 2 amide bonds. The summed E-state index contributed by atoms with van der Waals surface area (Å²) in [6.07, 6.45) is 4.84. The lowest BCUT2D eigenvalue weighted by molar-refractivity contribution is -0.121. The van der Waals surface area contributed by atoms with Crippen molar-refractivity contribution in [1.82, 2.24) is 10.9 Å². The van der Waals surface area contributed by atoms with Crippen LogP contribution in [0.2, 0.25) is 0 Å². The molecule has 0 aliphatic rings. The molecule has 0 fully saturated rings. The molecule has 0 aromatic heterocycles. The molecule has 5 nitrogen and oxygen atoms in total. The number of hydrazine groups is 1. The van der Waals surface area contributed by atoms with Gasteiger partial charge in [-0.15, -0.1) is 0 Å². The first kappa shape index (κ1) is 20.5. The number of rotatable bonds is 9. The van der Waals surface area contributed by atoms with Crippen molar-refractivity contribution in [2.45, 2.75) is 46.0 Å². The Morgan fingerprint density at radius 3 is 2.37 bits per heavy atom. The van der Waals surface area contributed by atoms with Gasteiger partial charge in [-0.3, -0.25) is 20.4 Å². The zero-order chi connectivity index (χ0) is 19.5. The third-order valence-electron chi connectivity index (χ3n) is 4.31. The molecule has 5 heteroatoms. The van der Waals surface area contributed by atoms with E-state index in [4.69, 9.17) is 4.74 Å². The summed E-state index contributed by atoms with van der Waals surface area (Å²) >= 11 is 0. The fraction of sp³-hybridized carbons (Fsp3) is 0.364. The highest BCUT2D eigenvalue weighted by Crippen LogP contribution is 2.13. The smallest absolute Gasteiger partial charge is 0.269 e. The van der Waals surface area contributed by atoms with Gasteiger partial charge in [-0.1, -0.05) is 50.5 Å². The Bertz CT molecular complexity index is 741. The molecule has 2 rings (SSSR count). The number of benzene rings is 2. The summed E-state index contributed by atoms with van der Waals surface area (Å²) in [5, 5.41) is 0. The number of hydrogen-bond acceptors (Lipinski definition) is 3. The second-order valence-electron chi connectivity index (χ2n) is 6.54. The number of nitrogens with one attached hydrogen (secondary N) is 2. The van der Waals surface area contributed by atoms with Gasteiger partial charge in [0.2, 0.25) is 5.91 Å². The van der Waals surface area contributed by atoms with Crippen molar-refractivity contribution in [3.05, 3.63) is 65.2 Å². The average molecular weight is 368 g/mol. The first-order valence-corrected chi connectivity index (χ1v) is 9.46. The lowest BCUT2D eigenvalue weighted by atomic mass is 10.1. The minimum atomic E-state index is -0.359. The molecule has 0 aliphatic carbocycles. The summed E-state index contributed by atoms with van der Waals surface area (Å²) in [6.45, 7) is 4.81. The van der Waals surface area contributed by atoms with E-state index in [1.54, 1.807) is 24.3 Å². The summed E-state index contributed by atoms with van der Waals surface area (Å²) in [7, 11) is 0. The maximum atomic E-state index is 12.1. The third kappa shape index (κ3) is 7.13. The van der Waals surface area contributed by atoms with Gasteiger partial charge in [-0.2, -0.15) is 0 Å². The lowest BCUT2D eigenvalue weighted by Gasteiger charge is -2.10. The first-order chi connectivity index (χ1) is 13.1. The zero-order valence-corrected chi connectivity index (χ0v) is 16.1. The number of carbonyl (C=O) groups excluding carboxylic acids is 2. The van der Waals surface area contributed by atoms with Crippen molar-refractivity contribution >= 4 is 11.8 Å². The Hall–Kier alpha value is -2.82. The molecule has 0 saturated heterocycles. The van der Waals surface area contributed by atoms with Crippen LogP contribution in [0.1, 0.15) is 54.1 Å². The predicted molar refractivity (Wildman–Crippen MR) is 107 cm³/mol.